The highest BCUT2D eigenvalue weighted by Crippen LogP contribution is 2.14. The zero-order valence-electron chi connectivity index (χ0n) is 11.3. The van der Waals surface area contributed by atoms with Crippen LogP contribution in [0.15, 0.2) is 42.6 Å². The first-order chi connectivity index (χ1) is 8.66. The highest BCUT2D eigenvalue weighted by atomic mass is 14.9. The lowest BCUT2D eigenvalue weighted by molar-refractivity contribution is 0.566. The van der Waals surface area contributed by atoms with Crippen molar-refractivity contribution in [2.24, 2.45) is 0 Å². The molecule has 0 fully saturated rings. The van der Waals surface area contributed by atoms with E-state index in [1.165, 1.54) is 16.7 Å². The van der Waals surface area contributed by atoms with Gasteiger partial charge in [-0.15, -0.1) is 0 Å². The van der Waals surface area contributed by atoms with E-state index in [9.17, 15) is 0 Å². The van der Waals surface area contributed by atoms with Gasteiger partial charge in [0.2, 0.25) is 0 Å². The maximum atomic E-state index is 4.40. The summed E-state index contributed by atoms with van der Waals surface area (Å²) in [5, 5.41) is 3.52. The Morgan fingerprint density at radius 1 is 1.17 bits per heavy atom. The van der Waals surface area contributed by atoms with Crippen LogP contribution >= 0.6 is 0 Å². The lowest BCUT2D eigenvalue weighted by atomic mass is 10.1. The number of hydrogen-bond donors (Lipinski definition) is 1. The molecule has 1 aromatic heterocycles. The van der Waals surface area contributed by atoms with Gasteiger partial charge in [0, 0.05) is 18.8 Å². The van der Waals surface area contributed by atoms with E-state index in [2.05, 4.69) is 61.4 Å². The minimum absolute atomic E-state index is 0.339. The Kier molecular flexibility index (Phi) is 4.11. The second-order valence-electron chi connectivity index (χ2n) is 4.78. The number of benzene rings is 1. The summed E-state index contributed by atoms with van der Waals surface area (Å²) >= 11 is 0. The number of nitrogens with zero attached hydrogens (tertiary/aromatic N) is 1. The molecule has 0 aliphatic carbocycles. The Bertz CT molecular complexity index is 520. The summed E-state index contributed by atoms with van der Waals surface area (Å²) in [6.45, 7) is 7.22. The Morgan fingerprint density at radius 2 is 2.00 bits per heavy atom. The molecule has 0 aliphatic rings. The fraction of sp³-hybridized carbons (Fsp3) is 0.312. The molecule has 2 heteroatoms. The number of hydrogen-bond acceptors (Lipinski definition) is 2. The molecule has 0 saturated carbocycles. The molecular weight excluding hydrogens is 220 g/mol. The van der Waals surface area contributed by atoms with Gasteiger partial charge in [0.05, 0.1) is 5.69 Å². The van der Waals surface area contributed by atoms with Crippen molar-refractivity contribution in [3.63, 3.8) is 0 Å². The number of pyridine rings is 1. The predicted molar refractivity (Wildman–Crippen MR) is 75.4 cm³/mol. The smallest absolute Gasteiger partial charge is 0.0570 e. The molecule has 0 bridgehead atoms. The molecule has 0 spiro atoms. The average molecular weight is 240 g/mol. The van der Waals surface area contributed by atoms with Gasteiger partial charge in [0.25, 0.3) is 0 Å². The summed E-state index contributed by atoms with van der Waals surface area (Å²) in [5.41, 5.74) is 4.98. The third kappa shape index (κ3) is 3.17. The van der Waals surface area contributed by atoms with Gasteiger partial charge in [0.1, 0.15) is 0 Å². The van der Waals surface area contributed by atoms with Gasteiger partial charge >= 0.3 is 0 Å². The van der Waals surface area contributed by atoms with Crippen LogP contribution < -0.4 is 5.32 Å². The molecule has 94 valence electrons. The molecule has 2 aromatic rings. The number of aryl methyl sites for hydroxylation is 2. The number of rotatable bonds is 4. The Balaban J connectivity index is 2.00. The van der Waals surface area contributed by atoms with Gasteiger partial charge in [-0.1, -0.05) is 35.9 Å². The summed E-state index contributed by atoms with van der Waals surface area (Å²) in [5.74, 6) is 0. The number of nitrogens with one attached hydrogen (secondary N) is 1. The first-order valence-corrected chi connectivity index (χ1v) is 6.37. The predicted octanol–water partition coefficient (Wildman–Crippen LogP) is 3.55. The third-order valence-corrected chi connectivity index (χ3v) is 3.24. The summed E-state index contributed by atoms with van der Waals surface area (Å²) in [6.07, 6.45) is 1.85. The van der Waals surface area contributed by atoms with Gasteiger partial charge < -0.3 is 5.32 Å². The van der Waals surface area contributed by atoms with E-state index in [4.69, 9.17) is 0 Å². The molecule has 2 nitrogen and oxygen atoms in total. The summed E-state index contributed by atoms with van der Waals surface area (Å²) < 4.78 is 0. The first kappa shape index (κ1) is 12.8. The average Bonchev–Trinajstić information content (AvgIpc) is 2.37. The van der Waals surface area contributed by atoms with E-state index in [0.717, 1.165) is 12.2 Å². The molecule has 18 heavy (non-hydrogen) atoms. The second kappa shape index (κ2) is 5.78. The van der Waals surface area contributed by atoms with Crippen molar-refractivity contribution in [3.05, 3.63) is 65.0 Å². The van der Waals surface area contributed by atoms with E-state index in [1.807, 2.05) is 12.3 Å². The van der Waals surface area contributed by atoms with Gasteiger partial charge in [-0.25, -0.2) is 0 Å². The molecule has 0 radical (unpaired) electrons. The van der Waals surface area contributed by atoms with Crippen molar-refractivity contribution >= 4 is 0 Å². The summed E-state index contributed by atoms with van der Waals surface area (Å²) in [7, 11) is 0. The van der Waals surface area contributed by atoms with Crippen molar-refractivity contribution in [1.29, 1.82) is 0 Å². The lowest BCUT2D eigenvalue weighted by Crippen LogP contribution is -2.19. The zero-order chi connectivity index (χ0) is 13.0. The van der Waals surface area contributed by atoms with E-state index in [0.29, 0.717) is 6.04 Å². The van der Waals surface area contributed by atoms with Crippen LogP contribution in [0.2, 0.25) is 0 Å². The monoisotopic (exact) mass is 240 g/mol. The highest BCUT2D eigenvalue weighted by molar-refractivity contribution is 5.25. The quantitative estimate of drug-likeness (QED) is 0.884. The van der Waals surface area contributed by atoms with Gasteiger partial charge in [0.15, 0.2) is 0 Å². The molecule has 0 saturated heterocycles. The fourth-order valence-electron chi connectivity index (χ4n) is 2.01. The van der Waals surface area contributed by atoms with Crippen LogP contribution in [0.4, 0.5) is 0 Å². The molecule has 1 N–H and O–H groups in total. The van der Waals surface area contributed by atoms with E-state index in [1.54, 1.807) is 0 Å². The van der Waals surface area contributed by atoms with Crippen LogP contribution in [0.25, 0.3) is 0 Å². The van der Waals surface area contributed by atoms with Crippen molar-refractivity contribution in [2.75, 3.05) is 0 Å². The van der Waals surface area contributed by atoms with Crippen molar-refractivity contribution in [1.82, 2.24) is 10.3 Å². The van der Waals surface area contributed by atoms with Crippen LogP contribution in [0.5, 0.6) is 0 Å². The van der Waals surface area contributed by atoms with Crippen molar-refractivity contribution in [3.8, 4) is 0 Å². The number of aromatic nitrogens is 1. The Hall–Kier alpha value is -1.67. The van der Waals surface area contributed by atoms with Crippen LogP contribution in [0.3, 0.4) is 0 Å². The SMILES string of the molecule is Cc1cccc([C@@H](C)NCc2ncccc2C)c1. The normalized spacial score (nSPS) is 12.4. The largest absolute Gasteiger partial charge is 0.305 e. The molecular formula is C16H20N2. The topological polar surface area (TPSA) is 24.9 Å². The Labute approximate surface area is 109 Å². The van der Waals surface area contributed by atoms with Gasteiger partial charge in [-0.3, -0.25) is 4.98 Å². The van der Waals surface area contributed by atoms with Crippen LogP contribution in [0.1, 0.15) is 35.3 Å². The lowest BCUT2D eigenvalue weighted by Gasteiger charge is -2.15. The standard InChI is InChI=1S/C16H20N2/c1-12-6-4-8-15(10-12)14(3)18-11-16-13(2)7-5-9-17-16/h4-10,14,18H,11H2,1-3H3/t14-/m1/s1. The molecule has 1 atom stereocenters. The van der Waals surface area contributed by atoms with Gasteiger partial charge in [-0.05, 0) is 38.0 Å². The highest BCUT2D eigenvalue weighted by Gasteiger charge is 2.06. The molecule has 1 heterocycles. The van der Waals surface area contributed by atoms with Crippen LogP contribution in [-0.2, 0) is 6.54 Å². The van der Waals surface area contributed by atoms with E-state index >= 15 is 0 Å². The molecule has 2 rings (SSSR count). The molecule has 1 aromatic carbocycles. The maximum absolute atomic E-state index is 4.40. The molecule has 0 aliphatic heterocycles. The fourth-order valence-corrected chi connectivity index (χ4v) is 2.01. The zero-order valence-corrected chi connectivity index (χ0v) is 11.3. The summed E-state index contributed by atoms with van der Waals surface area (Å²) in [6, 6.07) is 13.0. The van der Waals surface area contributed by atoms with Crippen LogP contribution in [0, 0.1) is 13.8 Å². The second-order valence-corrected chi connectivity index (χ2v) is 4.78. The first-order valence-electron chi connectivity index (χ1n) is 6.37. The maximum Gasteiger partial charge on any atom is 0.0570 e. The van der Waals surface area contributed by atoms with Crippen molar-refractivity contribution < 1.29 is 0 Å². The minimum atomic E-state index is 0.339. The van der Waals surface area contributed by atoms with Gasteiger partial charge in [-0.2, -0.15) is 0 Å². The van der Waals surface area contributed by atoms with E-state index in [-0.39, 0.29) is 0 Å². The third-order valence-electron chi connectivity index (χ3n) is 3.24. The van der Waals surface area contributed by atoms with Crippen molar-refractivity contribution in [2.45, 2.75) is 33.4 Å². The minimum Gasteiger partial charge on any atom is -0.305 e. The summed E-state index contributed by atoms with van der Waals surface area (Å²) in [4.78, 5) is 4.40. The Morgan fingerprint density at radius 3 is 2.72 bits per heavy atom. The van der Waals surface area contributed by atoms with Crippen LogP contribution in [-0.4, -0.2) is 4.98 Å². The molecule has 0 amide bonds. The molecule has 0 unspecified atom stereocenters. The van der Waals surface area contributed by atoms with E-state index < -0.39 is 0 Å².